The molecule has 2 heterocycles. The van der Waals surface area contributed by atoms with E-state index in [1.54, 1.807) is 6.07 Å². The van der Waals surface area contributed by atoms with Crippen molar-refractivity contribution in [2.24, 2.45) is 0 Å². The minimum absolute atomic E-state index is 0.135. The van der Waals surface area contributed by atoms with Crippen LogP contribution in [0.25, 0.3) is 0 Å². The number of aromatic nitrogens is 1. The quantitative estimate of drug-likeness (QED) is 0.903. The molecule has 1 aromatic carbocycles. The molecule has 5 nitrogen and oxygen atoms in total. The van der Waals surface area contributed by atoms with Crippen molar-refractivity contribution < 1.29 is 9.32 Å². The molecule has 1 saturated heterocycles. The molecular formula is C20H27N3O2. The second kappa shape index (κ2) is 7.83. The molecule has 0 aliphatic carbocycles. The molecule has 0 radical (unpaired) electrons. The largest absolute Gasteiger partial charge is 0.360 e. The fraction of sp³-hybridized carbons (Fsp3) is 0.500. The van der Waals surface area contributed by atoms with Gasteiger partial charge in [0.2, 0.25) is 0 Å². The van der Waals surface area contributed by atoms with Crippen molar-refractivity contribution in [1.82, 2.24) is 15.4 Å². The molecule has 25 heavy (non-hydrogen) atoms. The Balaban J connectivity index is 1.53. The Morgan fingerprint density at radius 3 is 2.76 bits per heavy atom. The number of rotatable bonds is 5. The topological polar surface area (TPSA) is 58.4 Å². The van der Waals surface area contributed by atoms with Crippen LogP contribution < -0.4 is 5.32 Å². The number of likely N-dealkylation sites (tertiary alicyclic amines) is 1. The lowest BCUT2D eigenvalue weighted by atomic mass is 9.97. The van der Waals surface area contributed by atoms with Crippen LogP contribution in [0.4, 0.5) is 0 Å². The van der Waals surface area contributed by atoms with Gasteiger partial charge in [0.05, 0.1) is 0 Å². The summed E-state index contributed by atoms with van der Waals surface area (Å²) in [5.74, 6) is 0.843. The minimum Gasteiger partial charge on any atom is -0.360 e. The number of piperidine rings is 1. The van der Waals surface area contributed by atoms with Crippen LogP contribution in [0.5, 0.6) is 0 Å². The Hall–Kier alpha value is -2.14. The van der Waals surface area contributed by atoms with Crippen LogP contribution in [0.15, 0.2) is 40.9 Å². The molecule has 0 saturated carbocycles. The number of nitrogens with zero attached hydrogens (tertiary/aromatic N) is 2. The molecule has 0 bridgehead atoms. The first kappa shape index (κ1) is 17.7. The fourth-order valence-electron chi connectivity index (χ4n) is 3.33. The van der Waals surface area contributed by atoms with Gasteiger partial charge in [0, 0.05) is 37.2 Å². The van der Waals surface area contributed by atoms with Crippen molar-refractivity contribution in [2.75, 3.05) is 6.54 Å². The average molecular weight is 341 g/mol. The third kappa shape index (κ3) is 4.48. The van der Waals surface area contributed by atoms with Gasteiger partial charge in [0.25, 0.3) is 5.91 Å². The van der Waals surface area contributed by atoms with Gasteiger partial charge in [-0.2, -0.15) is 0 Å². The summed E-state index contributed by atoms with van der Waals surface area (Å²) in [7, 11) is 0. The summed E-state index contributed by atoms with van der Waals surface area (Å²) >= 11 is 0. The highest BCUT2D eigenvalue weighted by atomic mass is 16.5. The van der Waals surface area contributed by atoms with E-state index in [0.717, 1.165) is 31.7 Å². The van der Waals surface area contributed by atoms with Crippen LogP contribution in [0.2, 0.25) is 0 Å². The van der Waals surface area contributed by atoms with Gasteiger partial charge in [0.1, 0.15) is 5.76 Å². The Bertz CT molecular complexity index is 696. The molecule has 1 amide bonds. The van der Waals surface area contributed by atoms with Crippen LogP contribution in [0, 0.1) is 0 Å². The van der Waals surface area contributed by atoms with E-state index in [4.69, 9.17) is 4.52 Å². The van der Waals surface area contributed by atoms with Crippen molar-refractivity contribution in [3.63, 3.8) is 0 Å². The molecule has 1 fully saturated rings. The summed E-state index contributed by atoms with van der Waals surface area (Å²) in [5, 5.41) is 7.01. The van der Waals surface area contributed by atoms with Crippen molar-refractivity contribution in [2.45, 2.75) is 58.2 Å². The molecule has 1 aliphatic rings. The third-order valence-corrected chi connectivity index (χ3v) is 4.91. The molecular weight excluding hydrogens is 314 g/mol. The second-order valence-electron chi connectivity index (χ2n) is 7.27. The van der Waals surface area contributed by atoms with Crippen molar-refractivity contribution in [1.29, 1.82) is 0 Å². The van der Waals surface area contributed by atoms with Crippen LogP contribution in [0.3, 0.4) is 0 Å². The number of amides is 1. The average Bonchev–Trinajstić information content (AvgIpc) is 3.09. The Kier molecular flexibility index (Phi) is 5.53. The van der Waals surface area contributed by atoms with E-state index in [0.29, 0.717) is 11.7 Å². The van der Waals surface area contributed by atoms with Crippen LogP contribution in [-0.4, -0.2) is 34.6 Å². The maximum atomic E-state index is 12.4. The first-order valence-corrected chi connectivity index (χ1v) is 9.08. The Morgan fingerprint density at radius 2 is 2.12 bits per heavy atom. The van der Waals surface area contributed by atoms with Crippen LogP contribution in [-0.2, 0) is 6.54 Å². The van der Waals surface area contributed by atoms with Crippen molar-refractivity contribution in [3.05, 3.63) is 53.4 Å². The lowest BCUT2D eigenvalue weighted by Crippen LogP contribution is -2.48. The standard InChI is InChI=1S/C20H27N3O2/c1-14(2)19-12-18(22-25-19)20(24)21-17-9-10-23(15(3)11-17)13-16-7-5-4-6-8-16/h4-8,12,14-15,17H,9-11,13H2,1-3H3,(H,21,24)/t15-,17-/m1/s1. The normalized spacial score (nSPS) is 21.4. The van der Waals surface area contributed by atoms with Gasteiger partial charge < -0.3 is 9.84 Å². The van der Waals surface area contributed by atoms with E-state index < -0.39 is 0 Å². The molecule has 3 rings (SSSR count). The monoisotopic (exact) mass is 341 g/mol. The van der Waals surface area contributed by atoms with E-state index in [-0.39, 0.29) is 17.9 Å². The zero-order chi connectivity index (χ0) is 17.8. The predicted octanol–water partition coefficient (Wildman–Crippen LogP) is 3.58. The summed E-state index contributed by atoms with van der Waals surface area (Å²) in [6.07, 6.45) is 1.91. The second-order valence-corrected chi connectivity index (χ2v) is 7.27. The Morgan fingerprint density at radius 1 is 1.36 bits per heavy atom. The molecule has 2 atom stereocenters. The molecule has 1 aromatic heterocycles. The zero-order valence-corrected chi connectivity index (χ0v) is 15.2. The third-order valence-electron chi connectivity index (χ3n) is 4.91. The number of nitrogens with one attached hydrogen (secondary N) is 1. The van der Waals surface area contributed by atoms with E-state index in [1.807, 2.05) is 19.9 Å². The summed E-state index contributed by atoms with van der Waals surface area (Å²) < 4.78 is 5.22. The van der Waals surface area contributed by atoms with E-state index in [1.165, 1.54) is 5.56 Å². The minimum atomic E-state index is -0.135. The molecule has 0 spiro atoms. The highest BCUT2D eigenvalue weighted by Crippen LogP contribution is 2.21. The lowest BCUT2D eigenvalue weighted by molar-refractivity contribution is 0.0858. The van der Waals surface area contributed by atoms with Crippen LogP contribution in [0.1, 0.15) is 61.3 Å². The summed E-state index contributed by atoms with van der Waals surface area (Å²) in [6.45, 7) is 8.22. The number of carbonyl (C=O) groups excluding carboxylic acids is 1. The molecule has 1 N–H and O–H groups in total. The lowest BCUT2D eigenvalue weighted by Gasteiger charge is -2.37. The van der Waals surface area contributed by atoms with Gasteiger partial charge in [-0.15, -0.1) is 0 Å². The number of hydrogen-bond acceptors (Lipinski definition) is 4. The maximum absolute atomic E-state index is 12.4. The molecule has 0 unspecified atom stereocenters. The van der Waals surface area contributed by atoms with E-state index in [9.17, 15) is 4.79 Å². The van der Waals surface area contributed by atoms with Gasteiger partial charge in [-0.3, -0.25) is 9.69 Å². The molecule has 134 valence electrons. The predicted molar refractivity (Wildman–Crippen MR) is 97.4 cm³/mol. The van der Waals surface area contributed by atoms with Crippen LogP contribution >= 0.6 is 0 Å². The molecule has 5 heteroatoms. The summed E-state index contributed by atoms with van der Waals surface area (Å²) in [4.78, 5) is 14.9. The van der Waals surface area contributed by atoms with E-state index in [2.05, 4.69) is 46.6 Å². The first-order valence-electron chi connectivity index (χ1n) is 9.08. The smallest absolute Gasteiger partial charge is 0.273 e. The zero-order valence-electron chi connectivity index (χ0n) is 15.2. The number of hydrogen-bond donors (Lipinski definition) is 1. The van der Waals surface area contributed by atoms with Gasteiger partial charge in [0.15, 0.2) is 5.69 Å². The fourth-order valence-corrected chi connectivity index (χ4v) is 3.33. The molecule has 1 aliphatic heterocycles. The van der Waals surface area contributed by atoms with Gasteiger partial charge in [-0.05, 0) is 25.3 Å². The van der Waals surface area contributed by atoms with E-state index >= 15 is 0 Å². The SMILES string of the molecule is CC(C)c1cc(C(=O)N[C@@H]2CCN(Cc3ccccc3)[C@H](C)C2)no1. The highest BCUT2D eigenvalue weighted by Gasteiger charge is 2.27. The molecule has 2 aromatic rings. The number of benzene rings is 1. The summed E-state index contributed by atoms with van der Waals surface area (Å²) in [6, 6.07) is 12.9. The Labute approximate surface area is 149 Å². The van der Waals surface area contributed by atoms with Crippen molar-refractivity contribution >= 4 is 5.91 Å². The first-order chi connectivity index (χ1) is 12.0. The van der Waals surface area contributed by atoms with Gasteiger partial charge in [-0.25, -0.2) is 0 Å². The van der Waals surface area contributed by atoms with Gasteiger partial charge in [-0.1, -0.05) is 49.3 Å². The maximum Gasteiger partial charge on any atom is 0.273 e. The van der Waals surface area contributed by atoms with Crippen molar-refractivity contribution in [3.8, 4) is 0 Å². The van der Waals surface area contributed by atoms with Gasteiger partial charge >= 0.3 is 0 Å². The number of carbonyl (C=O) groups is 1. The highest BCUT2D eigenvalue weighted by molar-refractivity contribution is 5.92. The summed E-state index contributed by atoms with van der Waals surface area (Å²) in [5.41, 5.74) is 1.71.